The van der Waals surface area contributed by atoms with Crippen molar-refractivity contribution < 1.29 is 9.59 Å². The van der Waals surface area contributed by atoms with Gasteiger partial charge in [0.05, 0.1) is 12.2 Å². The van der Waals surface area contributed by atoms with Gasteiger partial charge in [-0.3, -0.25) is 19.6 Å². The van der Waals surface area contributed by atoms with E-state index in [2.05, 4.69) is 20.4 Å². The topological polar surface area (TPSA) is 78.1 Å². The molecule has 1 aliphatic heterocycles. The summed E-state index contributed by atoms with van der Waals surface area (Å²) in [5.41, 5.74) is 3.44. The minimum Gasteiger partial charge on any atom is -0.310 e. The molecule has 0 spiro atoms. The van der Waals surface area contributed by atoms with Crippen molar-refractivity contribution in [3.05, 3.63) is 70.7 Å². The molecular weight excluding hydrogens is 412 g/mol. The minimum absolute atomic E-state index is 0.0104. The van der Waals surface area contributed by atoms with E-state index in [0.717, 1.165) is 29.7 Å². The Balaban J connectivity index is 1.29. The first-order valence-electron chi connectivity index (χ1n) is 10.4. The molecule has 2 aromatic carbocycles. The number of piperidine rings is 1. The molecule has 7 heteroatoms. The van der Waals surface area contributed by atoms with Crippen LogP contribution in [0, 0.1) is 12.8 Å². The van der Waals surface area contributed by atoms with Crippen LogP contribution in [0.25, 0.3) is 11.3 Å². The van der Waals surface area contributed by atoms with E-state index in [9.17, 15) is 9.59 Å². The van der Waals surface area contributed by atoms with Gasteiger partial charge in [0, 0.05) is 27.6 Å². The molecule has 6 nitrogen and oxygen atoms in total. The highest BCUT2D eigenvalue weighted by atomic mass is 35.5. The van der Waals surface area contributed by atoms with E-state index in [1.165, 1.54) is 0 Å². The number of nitrogens with zero attached hydrogens (tertiary/aromatic N) is 2. The molecule has 0 aliphatic carbocycles. The summed E-state index contributed by atoms with van der Waals surface area (Å²) in [6.45, 7) is 3.67. The SMILES string of the molecule is Cc1c(-c2ccccc2)n[nH]c1NC(=O)CN1CCC(C(=O)c2ccc(Cl)cc2)CC1. The van der Waals surface area contributed by atoms with E-state index in [-0.39, 0.29) is 17.6 Å². The number of H-pyrrole nitrogens is 1. The molecule has 0 radical (unpaired) electrons. The van der Waals surface area contributed by atoms with E-state index in [4.69, 9.17) is 11.6 Å². The van der Waals surface area contributed by atoms with Crippen molar-refractivity contribution in [3.63, 3.8) is 0 Å². The quantitative estimate of drug-likeness (QED) is 0.555. The lowest BCUT2D eigenvalue weighted by atomic mass is 9.89. The third-order valence-corrected chi connectivity index (χ3v) is 6.03. The summed E-state index contributed by atoms with van der Waals surface area (Å²) in [7, 11) is 0. The molecule has 31 heavy (non-hydrogen) atoms. The molecule has 1 aromatic heterocycles. The fourth-order valence-corrected chi connectivity index (χ4v) is 4.11. The van der Waals surface area contributed by atoms with E-state index in [1.807, 2.05) is 37.3 Å². The maximum absolute atomic E-state index is 12.7. The van der Waals surface area contributed by atoms with Crippen LogP contribution < -0.4 is 5.32 Å². The molecule has 1 fully saturated rings. The fourth-order valence-electron chi connectivity index (χ4n) is 3.98. The van der Waals surface area contributed by atoms with Crippen molar-refractivity contribution in [2.75, 3.05) is 25.0 Å². The van der Waals surface area contributed by atoms with Crippen LogP contribution in [-0.4, -0.2) is 46.4 Å². The second kappa shape index (κ2) is 9.45. The summed E-state index contributed by atoms with van der Waals surface area (Å²) in [4.78, 5) is 27.3. The molecule has 3 aromatic rings. The number of likely N-dealkylation sites (tertiary alicyclic amines) is 1. The standard InChI is InChI=1S/C24H25ClN4O2/c1-16-22(17-5-3-2-4-6-17)27-28-24(16)26-21(30)15-29-13-11-19(12-14-29)23(31)18-7-9-20(25)10-8-18/h2-10,19H,11-15H2,1H3,(H2,26,27,28,30). The number of carbonyl (C=O) groups excluding carboxylic acids is 2. The lowest BCUT2D eigenvalue weighted by Gasteiger charge is -2.30. The van der Waals surface area contributed by atoms with E-state index >= 15 is 0 Å². The number of halogens is 1. The predicted octanol–water partition coefficient (Wildman–Crippen LogP) is 4.57. The van der Waals surface area contributed by atoms with Gasteiger partial charge in [0.25, 0.3) is 0 Å². The number of anilines is 1. The molecule has 1 saturated heterocycles. The number of aromatic nitrogens is 2. The fraction of sp³-hybridized carbons (Fsp3) is 0.292. The average Bonchev–Trinajstić information content (AvgIpc) is 3.15. The first kappa shape index (κ1) is 21.3. The zero-order valence-corrected chi connectivity index (χ0v) is 18.2. The number of nitrogens with one attached hydrogen (secondary N) is 2. The number of rotatable bonds is 6. The number of carbonyl (C=O) groups is 2. The van der Waals surface area contributed by atoms with Crippen molar-refractivity contribution in [2.45, 2.75) is 19.8 Å². The molecule has 2 heterocycles. The summed E-state index contributed by atoms with van der Waals surface area (Å²) in [6.07, 6.45) is 1.49. The number of Topliss-reactive ketones (excluding diaryl/α,β-unsaturated/α-hetero) is 1. The molecular formula is C24H25ClN4O2. The Morgan fingerprint density at radius 3 is 2.45 bits per heavy atom. The molecule has 0 unspecified atom stereocenters. The van der Waals surface area contributed by atoms with Crippen LogP contribution in [0.15, 0.2) is 54.6 Å². The summed E-state index contributed by atoms with van der Waals surface area (Å²) in [6, 6.07) is 16.9. The molecule has 1 aliphatic rings. The zero-order chi connectivity index (χ0) is 21.8. The smallest absolute Gasteiger partial charge is 0.239 e. The van der Waals surface area contributed by atoms with Crippen LogP contribution in [-0.2, 0) is 4.79 Å². The number of amides is 1. The number of aromatic amines is 1. The Morgan fingerprint density at radius 1 is 1.10 bits per heavy atom. The molecule has 0 bridgehead atoms. The Bertz CT molecular complexity index is 1050. The first-order valence-corrected chi connectivity index (χ1v) is 10.8. The van der Waals surface area contributed by atoms with Gasteiger partial charge in [0.2, 0.25) is 5.91 Å². The number of ketones is 1. The molecule has 0 saturated carbocycles. The minimum atomic E-state index is -0.0890. The molecule has 0 atom stereocenters. The van der Waals surface area contributed by atoms with Gasteiger partial charge in [-0.1, -0.05) is 41.9 Å². The second-order valence-corrected chi connectivity index (χ2v) is 8.34. The van der Waals surface area contributed by atoms with Gasteiger partial charge < -0.3 is 5.32 Å². The monoisotopic (exact) mass is 436 g/mol. The lowest BCUT2D eigenvalue weighted by molar-refractivity contribution is -0.117. The van der Waals surface area contributed by atoms with Crippen LogP contribution in [0.1, 0.15) is 28.8 Å². The van der Waals surface area contributed by atoms with Gasteiger partial charge >= 0.3 is 0 Å². The van der Waals surface area contributed by atoms with Crippen LogP contribution in [0.4, 0.5) is 5.82 Å². The normalized spacial score (nSPS) is 15.0. The summed E-state index contributed by atoms with van der Waals surface area (Å²) in [5, 5.41) is 10.8. The van der Waals surface area contributed by atoms with Crippen molar-refractivity contribution in [3.8, 4) is 11.3 Å². The van der Waals surface area contributed by atoms with Crippen LogP contribution in [0.3, 0.4) is 0 Å². The average molecular weight is 437 g/mol. The summed E-state index contributed by atoms with van der Waals surface area (Å²) in [5.74, 6) is 0.677. The molecule has 2 N–H and O–H groups in total. The highest BCUT2D eigenvalue weighted by molar-refractivity contribution is 6.30. The Kier molecular flexibility index (Phi) is 6.49. The van der Waals surface area contributed by atoms with Crippen LogP contribution in [0.5, 0.6) is 0 Å². The summed E-state index contributed by atoms with van der Waals surface area (Å²) >= 11 is 5.91. The van der Waals surface area contributed by atoms with Crippen molar-refractivity contribution in [1.29, 1.82) is 0 Å². The lowest BCUT2D eigenvalue weighted by Crippen LogP contribution is -2.40. The Hall–Kier alpha value is -2.96. The Labute approximate surface area is 186 Å². The van der Waals surface area contributed by atoms with E-state index in [1.54, 1.807) is 24.3 Å². The molecule has 4 rings (SSSR count). The maximum atomic E-state index is 12.7. The third kappa shape index (κ3) is 5.03. The zero-order valence-electron chi connectivity index (χ0n) is 17.4. The summed E-state index contributed by atoms with van der Waals surface area (Å²) < 4.78 is 0. The highest BCUT2D eigenvalue weighted by Gasteiger charge is 2.27. The van der Waals surface area contributed by atoms with Gasteiger partial charge in [-0.25, -0.2) is 0 Å². The van der Waals surface area contributed by atoms with Gasteiger partial charge in [0.15, 0.2) is 5.78 Å². The first-order chi connectivity index (χ1) is 15.0. The highest BCUT2D eigenvalue weighted by Crippen LogP contribution is 2.26. The molecule has 160 valence electrons. The van der Waals surface area contributed by atoms with Gasteiger partial charge in [-0.05, 0) is 57.1 Å². The third-order valence-electron chi connectivity index (χ3n) is 5.78. The maximum Gasteiger partial charge on any atom is 0.239 e. The number of hydrogen-bond donors (Lipinski definition) is 2. The second-order valence-electron chi connectivity index (χ2n) is 7.91. The van der Waals surface area contributed by atoms with Gasteiger partial charge in [-0.2, -0.15) is 5.10 Å². The van der Waals surface area contributed by atoms with Gasteiger partial charge in [0.1, 0.15) is 5.82 Å². The van der Waals surface area contributed by atoms with Crippen molar-refractivity contribution in [1.82, 2.24) is 15.1 Å². The van der Waals surface area contributed by atoms with Crippen LogP contribution in [0.2, 0.25) is 5.02 Å². The van der Waals surface area contributed by atoms with Crippen molar-refractivity contribution in [2.24, 2.45) is 5.92 Å². The van der Waals surface area contributed by atoms with E-state index in [0.29, 0.717) is 36.0 Å². The van der Waals surface area contributed by atoms with E-state index < -0.39 is 0 Å². The number of hydrogen-bond acceptors (Lipinski definition) is 4. The van der Waals surface area contributed by atoms with Gasteiger partial charge in [-0.15, -0.1) is 0 Å². The van der Waals surface area contributed by atoms with Crippen molar-refractivity contribution >= 4 is 29.1 Å². The largest absolute Gasteiger partial charge is 0.310 e. The Morgan fingerprint density at radius 2 is 1.77 bits per heavy atom. The van der Waals surface area contributed by atoms with Crippen LogP contribution >= 0.6 is 11.6 Å². The number of benzene rings is 2. The predicted molar refractivity (Wildman–Crippen MR) is 122 cm³/mol. The molecule has 1 amide bonds.